The normalized spacial score (nSPS) is 10.5. The number of nitrogens with two attached hydrogens (primary N) is 1. The Morgan fingerprint density at radius 1 is 1.24 bits per heavy atom. The van der Waals surface area contributed by atoms with Gasteiger partial charge < -0.3 is 10.5 Å². The Kier molecular flexibility index (Phi) is 4.13. The summed E-state index contributed by atoms with van der Waals surface area (Å²) in [6.07, 6.45) is 0. The first kappa shape index (κ1) is 14.9. The van der Waals surface area contributed by atoms with Gasteiger partial charge in [0.2, 0.25) is 0 Å². The predicted octanol–water partition coefficient (Wildman–Crippen LogP) is 3.43. The van der Waals surface area contributed by atoms with E-state index in [2.05, 4.69) is 0 Å². The highest BCUT2D eigenvalue weighted by Gasteiger charge is 2.16. The van der Waals surface area contributed by atoms with Crippen molar-refractivity contribution < 1.29 is 18.4 Å². The summed E-state index contributed by atoms with van der Waals surface area (Å²) in [7, 11) is 0. The molecule has 0 spiro atoms. The third kappa shape index (κ3) is 3.14. The van der Waals surface area contributed by atoms with Crippen molar-refractivity contribution in [2.24, 2.45) is 5.73 Å². The third-order valence-corrected chi connectivity index (χ3v) is 2.88. The number of hydrogen-bond donors (Lipinski definition) is 1. The Morgan fingerprint density at radius 2 is 1.86 bits per heavy atom. The molecule has 0 amide bonds. The number of ether oxygens (including phenoxy) is 1. The molecule has 2 aromatic rings. The number of nitro benzene ring substituents is 1. The average molecular weight is 294 g/mol. The van der Waals surface area contributed by atoms with E-state index in [4.69, 9.17) is 10.5 Å². The monoisotopic (exact) mass is 294 g/mol. The van der Waals surface area contributed by atoms with Crippen LogP contribution in [-0.4, -0.2) is 4.92 Å². The van der Waals surface area contributed by atoms with Crippen LogP contribution in [0.25, 0.3) is 0 Å². The minimum Gasteiger partial charge on any atom is -0.451 e. The van der Waals surface area contributed by atoms with Gasteiger partial charge in [0, 0.05) is 18.2 Å². The number of hydrogen-bond acceptors (Lipinski definition) is 4. The molecular weight excluding hydrogens is 282 g/mol. The van der Waals surface area contributed by atoms with Crippen LogP contribution in [0.1, 0.15) is 11.1 Å². The summed E-state index contributed by atoms with van der Waals surface area (Å²) in [4.78, 5) is 10.2. The van der Waals surface area contributed by atoms with Crippen LogP contribution in [0, 0.1) is 28.7 Å². The Balaban J connectivity index is 2.35. The predicted molar refractivity (Wildman–Crippen MR) is 72.2 cm³/mol. The van der Waals surface area contributed by atoms with E-state index in [1.807, 2.05) is 0 Å². The van der Waals surface area contributed by atoms with E-state index >= 15 is 0 Å². The molecule has 2 N–H and O–H groups in total. The molecule has 2 rings (SSSR count). The first-order valence-electron chi connectivity index (χ1n) is 6.03. The Morgan fingerprint density at radius 3 is 2.33 bits per heavy atom. The van der Waals surface area contributed by atoms with Crippen LogP contribution >= 0.6 is 0 Å². The largest absolute Gasteiger partial charge is 0.451 e. The van der Waals surface area contributed by atoms with Crippen LogP contribution in [0.15, 0.2) is 30.3 Å². The molecule has 21 heavy (non-hydrogen) atoms. The summed E-state index contributed by atoms with van der Waals surface area (Å²) in [5.41, 5.74) is 5.85. The van der Waals surface area contributed by atoms with Gasteiger partial charge in [0.25, 0.3) is 5.69 Å². The molecule has 0 saturated heterocycles. The first-order chi connectivity index (χ1) is 9.92. The minimum absolute atomic E-state index is 0.00472. The van der Waals surface area contributed by atoms with Gasteiger partial charge in [-0.25, -0.2) is 8.78 Å². The molecule has 5 nitrogen and oxygen atoms in total. The van der Waals surface area contributed by atoms with E-state index in [0.717, 1.165) is 12.1 Å². The maximum atomic E-state index is 13.8. The maximum absolute atomic E-state index is 13.8. The van der Waals surface area contributed by atoms with Gasteiger partial charge in [0.05, 0.1) is 4.92 Å². The van der Waals surface area contributed by atoms with Gasteiger partial charge in [-0.2, -0.15) is 0 Å². The summed E-state index contributed by atoms with van der Waals surface area (Å²) in [5, 5.41) is 10.7. The summed E-state index contributed by atoms with van der Waals surface area (Å²) in [6.45, 7) is 1.51. The average Bonchev–Trinajstić information content (AvgIpc) is 2.42. The SMILES string of the molecule is Cc1cc(Oc2c(F)cc(CN)cc2F)ccc1[N+](=O)[O-]. The number of aryl methyl sites for hydroxylation is 1. The van der Waals surface area contributed by atoms with Crippen molar-refractivity contribution in [2.75, 3.05) is 0 Å². The zero-order valence-electron chi connectivity index (χ0n) is 11.1. The van der Waals surface area contributed by atoms with Gasteiger partial charge >= 0.3 is 0 Å². The van der Waals surface area contributed by atoms with Crippen molar-refractivity contribution in [3.8, 4) is 11.5 Å². The molecule has 0 aliphatic carbocycles. The third-order valence-electron chi connectivity index (χ3n) is 2.88. The van der Waals surface area contributed by atoms with Gasteiger partial charge in [0.1, 0.15) is 5.75 Å². The Bertz CT molecular complexity index is 682. The molecule has 2 aromatic carbocycles. The molecular formula is C14H12F2N2O3. The van der Waals surface area contributed by atoms with Crippen molar-refractivity contribution in [3.63, 3.8) is 0 Å². The van der Waals surface area contributed by atoms with E-state index < -0.39 is 22.3 Å². The quantitative estimate of drug-likeness (QED) is 0.692. The fourth-order valence-electron chi connectivity index (χ4n) is 1.84. The summed E-state index contributed by atoms with van der Waals surface area (Å²) >= 11 is 0. The van der Waals surface area contributed by atoms with Crippen molar-refractivity contribution >= 4 is 5.69 Å². The number of benzene rings is 2. The molecule has 7 heteroatoms. The zero-order chi connectivity index (χ0) is 15.6. The molecule has 0 aromatic heterocycles. The van der Waals surface area contributed by atoms with Crippen LogP contribution < -0.4 is 10.5 Å². The fraction of sp³-hybridized carbons (Fsp3) is 0.143. The second-order valence-corrected chi connectivity index (χ2v) is 4.40. The van der Waals surface area contributed by atoms with Gasteiger partial charge in [-0.3, -0.25) is 10.1 Å². The zero-order valence-corrected chi connectivity index (χ0v) is 11.1. The van der Waals surface area contributed by atoms with Crippen LogP contribution in [-0.2, 0) is 6.54 Å². The molecule has 0 radical (unpaired) electrons. The van der Waals surface area contributed by atoms with E-state index in [0.29, 0.717) is 11.1 Å². The maximum Gasteiger partial charge on any atom is 0.272 e. The van der Waals surface area contributed by atoms with Gasteiger partial charge in [-0.05, 0) is 36.8 Å². The number of rotatable bonds is 4. The Labute approximate surface area is 119 Å². The molecule has 0 fully saturated rings. The molecule has 0 heterocycles. The highest BCUT2D eigenvalue weighted by Crippen LogP contribution is 2.31. The van der Waals surface area contributed by atoms with E-state index in [-0.39, 0.29) is 18.0 Å². The molecule has 0 bridgehead atoms. The van der Waals surface area contributed by atoms with Gasteiger partial charge in [0.15, 0.2) is 17.4 Å². The Hall–Kier alpha value is -2.54. The fourth-order valence-corrected chi connectivity index (χ4v) is 1.84. The molecule has 0 atom stereocenters. The van der Waals surface area contributed by atoms with Crippen molar-refractivity contribution in [1.82, 2.24) is 0 Å². The van der Waals surface area contributed by atoms with Crippen molar-refractivity contribution in [1.29, 1.82) is 0 Å². The molecule has 0 saturated carbocycles. The molecule has 0 aliphatic rings. The molecule has 0 unspecified atom stereocenters. The molecule has 0 aliphatic heterocycles. The van der Waals surface area contributed by atoms with Gasteiger partial charge in [-0.1, -0.05) is 0 Å². The lowest BCUT2D eigenvalue weighted by Crippen LogP contribution is -2.01. The summed E-state index contributed by atoms with van der Waals surface area (Å²) in [6, 6.07) is 6.00. The topological polar surface area (TPSA) is 78.4 Å². The summed E-state index contributed by atoms with van der Waals surface area (Å²) in [5.74, 6) is -2.23. The minimum atomic E-state index is -0.883. The second-order valence-electron chi connectivity index (χ2n) is 4.40. The van der Waals surface area contributed by atoms with Crippen molar-refractivity contribution in [3.05, 3.63) is 63.2 Å². The van der Waals surface area contributed by atoms with Crippen LogP contribution in [0.4, 0.5) is 14.5 Å². The van der Waals surface area contributed by atoms with Crippen LogP contribution in [0.2, 0.25) is 0 Å². The van der Waals surface area contributed by atoms with E-state index in [9.17, 15) is 18.9 Å². The lowest BCUT2D eigenvalue weighted by molar-refractivity contribution is -0.385. The summed E-state index contributed by atoms with van der Waals surface area (Å²) < 4.78 is 32.7. The molecule has 110 valence electrons. The van der Waals surface area contributed by atoms with Gasteiger partial charge in [-0.15, -0.1) is 0 Å². The van der Waals surface area contributed by atoms with E-state index in [1.54, 1.807) is 0 Å². The standard InChI is InChI=1S/C14H12F2N2O3/c1-8-4-10(2-3-13(8)18(19)20)21-14-11(15)5-9(7-17)6-12(14)16/h2-6H,7,17H2,1H3. The lowest BCUT2D eigenvalue weighted by Gasteiger charge is -2.10. The first-order valence-corrected chi connectivity index (χ1v) is 6.03. The van der Waals surface area contributed by atoms with Crippen molar-refractivity contribution in [2.45, 2.75) is 13.5 Å². The highest BCUT2D eigenvalue weighted by molar-refractivity contribution is 5.46. The number of halogens is 2. The smallest absolute Gasteiger partial charge is 0.272 e. The van der Waals surface area contributed by atoms with Crippen LogP contribution in [0.5, 0.6) is 11.5 Å². The number of nitrogens with zero attached hydrogens (tertiary/aromatic N) is 1. The lowest BCUT2D eigenvalue weighted by atomic mass is 10.2. The second kappa shape index (κ2) is 5.84. The highest BCUT2D eigenvalue weighted by atomic mass is 19.1. The van der Waals surface area contributed by atoms with E-state index in [1.165, 1.54) is 25.1 Å². The number of nitro groups is 1. The van der Waals surface area contributed by atoms with Crippen LogP contribution in [0.3, 0.4) is 0 Å².